The first-order chi connectivity index (χ1) is 8.97. The highest BCUT2D eigenvalue weighted by Crippen LogP contribution is 2.21. The standard InChI is InChI=1S/C17H29N/c1-2-5-9-13-16(12-8-4-1)17-14-10-6-3-7-11-15-18-17/h12H,1-11,13-15H2/b16-12+,18-17?. The molecule has 2 aliphatic rings. The molecule has 1 heterocycles. The molecule has 1 aliphatic heterocycles. The Balaban J connectivity index is 1.99. The van der Waals surface area contributed by atoms with Gasteiger partial charge in [-0.15, -0.1) is 0 Å². The molecule has 0 N–H and O–H groups in total. The van der Waals surface area contributed by atoms with Crippen molar-refractivity contribution in [2.24, 2.45) is 4.99 Å². The second-order valence-corrected chi connectivity index (χ2v) is 5.88. The highest BCUT2D eigenvalue weighted by Gasteiger charge is 2.09. The van der Waals surface area contributed by atoms with Gasteiger partial charge < -0.3 is 0 Å². The van der Waals surface area contributed by atoms with E-state index in [4.69, 9.17) is 4.99 Å². The molecule has 0 fully saturated rings. The van der Waals surface area contributed by atoms with Crippen LogP contribution in [0, 0.1) is 0 Å². The van der Waals surface area contributed by atoms with Gasteiger partial charge in [0.05, 0.1) is 0 Å². The Morgan fingerprint density at radius 3 is 2.22 bits per heavy atom. The van der Waals surface area contributed by atoms with Crippen molar-refractivity contribution in [3.05, 3.63) is 11.6 Å². The minimum Gasteiger partial charge on any atom is -0.289 e. The van der Waals surface area contributed by atoms with Crippen molar-refractivity contribution >= 4 is 5.71 Å². The number of hydrogen-bond donors (Lipinski definition) is 0. The maximum Gasteiger partial charge on any atom is 0.0392 e. The molecule has 0 saturated carbocycles. The summed E-state index contributed by atoms with van der Waals surface area (Å²) in [4.78, 5) is 4.92. The van der Waals surface area contributed by atoms with E-state index < -0.39 is 0 Å². The fourth-order valence-electron chi connectivity index (χ4n) is 3.12. The topological polar surface area (TPSA) is 12.4 Å². The van der Waals surface area contributed by atoms with E-state index in [1.54, 1.807) is 5.57 Å². The molecular weight excluding hydrogens is 218 g/mol. The molecule has 0 unspecified atom stereocenters. The van der Waals surface area contributed by atoms with E-state index in [9.17, 15) is 0 Å². The van der Waals surface area contributed by atoms with Gasteiger partial charge in [0.2, 0.25) is 0 Å². The van der Waals surface area contributed by atoms with Gasteiger partial charge in [0.1, 0.15) is 0 Å². The molecular formula is C17H29N. The summed E-state index contributed by atoms with van der Waals surface area (Å²) in [5, 5.41) is 0. The Labute approximate surface area is 113 Å². The summed E-state index contributed by atoms with van der Waals surface area (Å²) in [6.45, 7) is 1.08. The Kier molecular flexibility index (Phi) is 6.53. The van der Waals surface area contributed by atoms with Gasteiger partial charge in [-0.1, -0.05) is 44.6 Å². The van der Waals surface area contributed by atoms with Crippen molar-refractivity contribution in [3.63, 3.8) is 0 Å². The van der Waals surface area contributed by atoms with Crippen molar-refractivity contribution in [1.82, 2.24) is 0 Å². The number of rotatable bonds is 1. The van der Waals surface area contributed by atoms with E-state index in [2.05, 4.69) is 6.08 Å². The SMILES string of the molecule is C1=C(/C2=NCCCCCCC2)CCCCCCC/1. The first-order valence-electron chi connectivity index (χ1n) is 8.19. The summed E-state index contributed by atoms with van der Waals surface area (Å²) in [7, 11) is 0. The predicted molar refractivity (Wildman–Crippen MR) is 80.4 cm³/mol. The van der Waals surface area contributed by atoms with Crippen LogP contribution in [0.25, 0.3) is 0 Å². The summed E-state index contributed by atoms with van der Waals surface area (Å²) in [6, 6.07) is 0. The number of allylic oxidation sites excluding steroid dienone is 2. The molecule has 18 heavy (non-hydrogen) atoms. The Morgan fingerprint density at radius 2 is 1.33 bits per heavy atom. The van der Waals surface area contributed by atoms with Crippen LogP contribution in [0.2, 0.25) is 0 Å². The van der Waals surface area contributed by atoms with E-state index in [0.29, 0.717) is 0 Å². The summed E-state index contributed by atoms with van der Waals surface area (Å²) in [6.07, 6.45) is 20.3. The van der Waals surface area contributed by atoms with Gasteiger partial charge in [-0.05, 0) is 50.5 Å². The molecule has 0 aromatic rings. The Bertz CT molecular complexity index is 258. The fraction of sp³-hybridized carbons (Fsp3) is 0.824. The van der Waals surface area contributed by atoms with Crippen LogP contribution in [0.3, 0.4) is 0 Å². The molecule has 2 rings (SSSR count). The maximum atomic E-state index is 4.92. The molecule has 0 amide bonds. The zero-order chi connectivity index (χ0) is 12.5. The average molecular weight is 247 g/mol. The monoisotopic (exact) mass is 247 g/mol. The van der Waals surface area contributed by atoms with E-state index in [0.717, 1.165) is 6.54 Å². The molecule has 1 nitrogen and oxygen atoms in total. The predicted octanol–water partition coefficient (Wildman–Crippen LogP) is 5.45. The van der Waals surface area contributed by atoms with E-state index >= 15 is 0 Å². The molecule has 0 aromatic heterocycles. The first-order valence-corrected chi connectivity index (χ1v) is 8.19. The number of aliphatic imine (C=N–C) groups is 1. The van der Waals surface area contributed by atoms with E-state index in [1.807, 2.05) is 0 Å². The number of hydrogen-bond acceptors (Lipinski definition) is 1. The average Bonchev–Trinajstić information content (AvgIpc) is 2.61. The van der Waals surface area contributed by atoms with Crippen molar-refractivity contribution in [2.45, 2.75) is 83.5 Å². The lowest BCUT2D eigenvalue weighted by Gasteiger charge is -2.10. The zero-order valence-electron chi connectivity index (χ0n) is 11.9. The van der Waals surface area contributed by atoms with Gasteiger partial charge in [-0.25, -0.2) is 0 Å². The van der Waals surface area contributed by atoms with Crippen LogP contribution in [-0.4, -0.2) is 12.3 Å². The van der Waals surface area contributed by atoms with Crippen molar-refractivity contribution in [3.8, 4) is 0 Å². The van der Waals surface area contributed by atoms with Crippen LogP contribution in [0.5, 0.6) is 0 Å². The van der Waals surface area contributed by atoms with Crippen LogP contribution in [0.1, 0.15) is 83.5 Å². The van der Waals surface area contributed by atoms with Crippen LogP contribution in [0.4, 0.5) is 0 Å². The molecule has 0 aromatic carbocycles. The lowest BCUT2D eigenvalue weighted by atomic mass is 9.98. The van der Waals surface area contributed by atoms with Crippen molar-refractivity contribution in [2.75, 3.05) is 6.54 Å². The van der Waals surface area contributed by atoms with Gasteiger partial charge in [0.25, 0.3) is 0 Å². The smallest absolute Gasteiger partial charge is 0.0392 e. The molecule has 1 heteroatoms. The highest BCUT2D eigenvalue weighted by atomic mass is 14.7. The molecule has 0 radical (unpaired) electrons. The Morgan fingerprint density at radius 1 is 0.667 bits per heavy atom. The third-order valence-corrected chi connectivity index (χ3v) is 4.29. The van der Waals surface area contributed by atoms with Crippen molar-refractivity contribution < 1.29 is 0 Å². The summed E-state index contributed by atoms with van der Waals surface area (Å²) in [5.74, 6) is 0. The second-order valence-electron chi connectivity index (χ2n) is 5.88. The van der Waals surface area contributed by atoms with Crippen LogP contribution >= 0.6 is 0 Å². The lowest BCUT2D eigenvalue weighted by Crippen LogP contribution is -2.04. The van der Waals surface area contributed by atoms with Gasteiger partial charge in [0, 0.05) is 12.3 Å². The second kappa shape index (κ2) is 8.50. The van der Waals surface area contributed by atoms with Crippen molar-refractivity contribution in [1.29, 1.82) is 0 Å². The van der Waals surface area contributed by atoms with Crippen LogP contribution in [-0.2, 0) is 0 Å². The van der Waals surface area contributed by atoms with Gasteiger partial charge >= 0.3 is 0 Å². The first kappa shape index (κ1) is 13.8. The van der Waals surface area contributed by atoms with E-state index in [1.165, 1.54) is 89.2 Å². The minimum absolute atomic E-state index is 1.08. The van der Waals surface area contributed by atoms with E-state index in [-0.39, 0.29) is 0 Å². The highest BCUT2D eigenvalue weighted by molar-refractivity contribution is 6.00. The largest absolute Gasteiger partial charge is 0.289 e. The van der Waals surface area contributed by atoms with Gasteiger partial charge in [-0.3, -0.25) is 4.99 Å². The zero-order valence-corrected chi connectivity index (χ0v) is 11.9. The summed E-state index contributed by atoms with van der Waals surface area (Å²) in [5.41, 5.74) is 3.08. The summed E-state index contributed by atoms with van der Waals surface area (Å²) >= 11 is 0. The molecule has 0 spiro atoms. The fourth-order valence-corrected chi connectivity index (χ4v) is 3.12. The molecule has 0 saturated heterocycles. The molecule has 102 valence electrons. The summed E-state index contributed by atoms with van der Waals surface area (Å²) < 4.78 is 0. The Hall–Kier alpha value is -0.590. The van der Waals surface area contributed by atoms with Crippen LogP contribution < -0.4 is 0 Å². The third kappa shape index (κ3) is 4.96. The quantitative estimate of drug-likeness (QED) is 0.584. The minimum atomic E-state index is 1.08. The maximum absolute atomic E-state index is 4.92. The third-order valence-electron chi connectivity index (χ3n) is 4.29. The number of nitrogens with zero attached hydrogens (tertiary/aromatic N) is 1. The molecule has 0 bridgehead atoms. The van der Waals surface area contributed by atoms with Crippen LogP contribution in [0.15, 0.2) is 16.6 Å². The van der Waals surface area contributed by atoms with Gasteiger partial charge in [0.15, 0.2) is 0 Å². The van der Waals surface area contributed by atoms with Gasteiger partial charge in [-0.2, -0.15) is 0 Å². The molecule has 0 atom stereocenters. The normalized spacial score (nSPS) is 27.3. The lowest BCUT2D eigenvalue weighted by molar-refractivity contribution is 0.630. The molecule has 1 aliphatic carbocycles.